The minimum atomic E-state index is -3.63. The van der Waals surface area contributed by atoms with Gasteiger partial charge in [-0.3, -0.25) is 0 Å². The van der Waals surface area contributed by atoms with Crippen LogP contribution >= 0.6 is 0 Å². The van der Waals surface area contributed by atoms with Gasteiger partial charge in [0, 0.05) is 17.8 Å². The quantitative estimate of drug-likeness (QED) is 0.340. The van der Waals surface area contributed by atoms with E-state index in [4.69, 9.17) is 9.47 Å². The Morgan fingerprint density at radius 3 is 2.50 bits per heavy atom. The van der Waals surface area contributed by atoms with Gasteiger partial charge in [0.15, 0.2) is 17.3 Å². The second-order valence-electron chi connectivity index (χ2n) is 6.60. The first-order chi connectivity index (χ1) is 13.1. The summed E-state index contributed by atoms with van der Waals surface area (Å²) >= 11 is 0. The van der Waals surface area contributed by atoms with E-state index in [-0.39, 0.29) is 35.6 Å². The second-order valence-corrected chi connectivity index (χ2v) is 8.33. The third-order valence-electron chi connectivity index (χ3n) is 3.98. The fourth-order valence-electron chi connectivity index (χ4n) is 2.64. The van der Waals surface area contributed by atoms with Gasteiger partial charge in [-0.05, 0) is 29.7 Å². The summed E-state index contributed by atoms with van der Waals surface area (Å²) in [6, 6.07) is 7.81. The van der Waals surface area contributed by atoms with Crippen LogP contribution in [0.15, 0.2) is 35.4 Å². The molecule has 9 nitrogen and oxygen atoms in total. The molecule has 4 N–H and O–H groups in total. The monoisotopic (exact) mass is 407 g/mol. The summed E-state index contributed by atoms with van der Waals surface area (Å²) in [5.74, 6) is 0.808. The van der Waals surface area contributed by atoms with E-state index < -0.39 is 10.0 Å². The molecule has 1 aliphatic rings. The van der Waals surface area contributed by atoms with Crippen molar-refractivity contribution in [1.29, 1.82) is 0 Å². The molecule has 2 aromatic carbocycles. The van der Waals surface area contributed by atoms with Crippen LogP contribution in [0.5, 0.6) is 23.0 Å². The molecule has 3 rings (SSSR count). The molecule has 1 aliphatic heterocycles. The zero-order valence-corrected chi connectivity index (χ0v) is 16.4. The molecule has 0 spiro atoms. The lowest BCUT2D eigenvalue weighted by molar-refractivity contribution is 0.174. The Morgan fingerprint density at radius 1 is 1.11 bits per heavy atom. The van der Waals surface area contributed by atoms with Gasteiger partial charge in [0.2, 0.25) is 16.8 Å². The fourth-order valence-corrected chi connectivity index (χ4v) is 2.90. The third-order valence-corrected chi connectivity index (χ3v) is 4.40. The van der Waals surface area contributed by atoms with Crippen LogP contribution in [0.4, 0.5) is 5.69 Å². The summed E-state index contributed by atoms with van der Waals surface area (Å²) in [6.45, 7) is 3.88. The Bertz CT molecular complexity index is 1030. The summed E-state index contributed by atoms with van der Waals surface area (Å²) in [4.78, 5) is 2.05. The van der Waals surface area contributed by atoms with Crippen LogP contribution in [0.1, 0.15) is 30.9 Å². The smallest absolute Gasteiger partial charge is 0.244 e. The Hall–Kier alpha value is -3.14. The Balaban J connectivity index is 2.04. The number of anilines is 1. The van der Waals surface area contributed by atoms with Gasteiger partial charge in [0.1, 0.15) is 11.5 Å². The van der Waals surface area contributed by atoms with Gasteiger partial charge in [0.25, 0.3) is 0 Å². The van der Waals surface area contributed by atoms with Gasteiger partial charge in [-0.1, -0.05) is 13.8 Å². The Kier molecular flexibility index (Phi) is 5.23. The number of aromatic hydroxyl groups is 2. The maximum Gasteiger partial charge on any atom is 0.244 e. The van der Waals surface area contributed by atoms with E-state index in [1.807, 2.05) is 13.8 Å². The summed E-state index contributed by atoms with van der Waals surface area (Å²) in [7, 11) is -3.63. The van der Waals surface area contributed by atoms with Crippen LogP contribution in [-0.2, 0) is 10.0 Å². The lowest BCUT2D eigenvalue weighted by Crippen LogP contribution is -2.23. The van der Waals surface area contributed by atoms with E-state index in [2.05, 4.69) is 15.2 Å². The van der Waals surface area contributed by atoms with E-state index in [9.17, 15) is 18.6 Å². The number of hydrazone groups is 1. The van der Waals surface area contributed by atoms with Crippen LogP contribution in [0.2, 0.25) is 0 Å². The number of nitrogens with one attached hydrogen (secondary N) is 2. The Morgan fingerprint density at radius 2 is 1.82 bits per heavy atom. The first-order valence-electron chi connectivity index (χ1n) is 8.41. The van der Waals surface area contributed by atoms with Crippen LogP contribution in [0.25, 0.3) is 0 Å². The maximum atomic E-state index is 11.5. The first kappa shape index (κ1) is 19.6. The molecule has 0 radical (unpaired) electrons. The average Bonchev–Trinajstić information content (AvgIpc) is 3.05. The van der Waals surface area contributed by atoms with Gasteiger partial charge in [0.05, 0.1) is 11.8 Å². The molecule has 2 aromatic rings. The zero-order valence-electron chi connectivity index (χ0n) is 15.6. The molecule has 10 heteroatoms. The van der Waals surface area contributed by atoms with Gasteiger partial charge < -0.3 is 25.0 Å². The van der Waals surface area contributed by atoms with Crippen LogP contribution in [-0.4, -0.2) is 37.5 Å². The van der Waals surface area contributed by atoms with Gasteiger partial charge >= 0.3 is 0 Å². The highest BCUT2D eigenvalue weighted by molar-refractivity contribution is 7.88. The lowest BCUT2D eigenvalue weighted by Gasteiger charge is -2.16. The van der Waals surface area contributed by atoms with E-state index >= 15 is 0 Å². The molecule has 28 heavy (non-hydrogen) atoms. The molecule has 150 valence electrons. The number of rotatable bonds is 5. The van der Waals surface area contributed by atoms with Crippen molar-refractivity contribution in [2.24, 2.45) is 5.10 Å². The molecule has 0 fully saturated rings. The molecule has 0 saturated carbocycles. The molecule has 0 amide bonds. The molecule has 0 aliphatic carbocycles. The van der Waals surface area contributed by atoms with Crippen LogP contribution < -0.4 is 19.6 Å². The highest BCUT2D eigenvalue weighted by atomic mass is 32.2. The largest absolute Gasteiger partial charge is 0.508 e. The van der Waals surface area contributed by atoms with Crippen molar-refractivity contribution in [3.05, 3.63) is 41.5 Å². The minimum absolute atomic E-state index is 0.0333. The van der Waals surface area contributed by atoms with Crippen molar-refractivity contribution in [3.8, 4) is 23.0 Å². The maximum absolute atomic E-state index is 11.5. The van der Waals surface area contributed by atoms with E-state index in [1.165, 1.54) is 6.07 Å². The molecule has 0 unspecified atom stereocenters. The molecule has 0 bridgehead atoms. The van der Waals surface area contributed by atoms with Gasteiger partial charge in [-0.15, -0.1) is 5.10 Å². The van der Waals surface area contributed by atoms with Crippen LogP contribution in [0, 0.1) is 0 Å². The molecule has 1 heterocycles. The number of benzene rings is 2. The lowest BCUT2D eigenvalue weighted by atomic mass is 9.98. The minimum Gasteiger partial charge on any atom is -0.508 e. The standard InChI is InChI=1S/C18H21N3O6S/c1-10(2)12-7-13(15(23)8-14(12)22)18(20-21-28(3,24)25)19-11-4-5-16-17(6-11)27-9-26-16/h4-8,10,21-23H,9H2,1-3H3,(H,19,20). The number of amidine groups is 1. The number of fused-ring (bicyclic) bond motifs is 1. The van der Waals surface area contributed by atoms with Crippen molar-refractivity contribution >= 4 is 21.5 Å². The highest BCUT2D eigenvalue weighted by Gasteiger charge is 2.18. The van der Waals surface area contributed by atoms with Crippen molar-refractivity contribution in [3.63, 3.8) is 0 Å². The molecular formula is C18H21N3O6S. The second kappa shape index (κ2) is 7.47. The summed E-state index contributed by atoms with van der Waals surface area (Å²) in [5, 5.41) is 27.3. The SMILES string of the molecule is CC(C)c1cc(/C(=N/NS(C)(=O)=O)Nc2ccc3c(c2)OCO3)c(O)cc1O. The molecule has 0 atom stereocenters. The number of phenols is 2. The third kappa shape index (κ3) is 4.39. The van der Waals surface area contributed by atoms with Gasteiger partial charge in [-0.25, -0.2) is 13.2 Å². The van der Waals surface area contributed by atoms with Crippen LogP contribution in [0.3, 0.4) is 0 Å². The molecular weight excluding hydrogens is 386 g/mol. The fraction of sp³-hybridized carbons (Fsp3) is 0.278. The topological polar surface area (TPSA) is 129 Å². The average molecular weight is 407 g/mol. The van der Waals surface area contributed by atoms with Crippen molar-refractivity contribution in [2.75, 3.05) is 18.4 Å². The van der Waals surface area contributed by atoms with E-state index in [0.717, 1.165) is 6.26 Å². The Labute approximate surface area is 162 Å². The summed E-state index contributed by atoms with van der Waals surface area (Å²) < 4.78 is 33.6. The number of hydrogen-bond donors (Lipinski definition) is 4. The summed E-state index contributed by atoms with van der Waals surface area (Å²) in [5.41, 5.74) is 1.33. The van der Waals surface area contributed by atoms with Crippen molar-refractivity contribution in [2.45, 2.75) is 19.8 Å². The number of phenolic OH excluding ortho intramolecular Hbond substituents is 2. The van der Waals surface area contributed by atoms with Crippen molar-refractivity contribution in [1.82, 2.24) is 4.83 Å². The highest BCUT2D eigenvalue weighted by Crippen LogP contribution is 2.36. The molecule has 0 saturated heterocycles. The van der Waals surface area contributed by atoms with E-state index in [1.54, 1.807) is 24.3 Å². The number of sulfonamides is 1. The number of hydrogen-bond acceptors (Lipinski definition) is 7. The predicted octanol–water partition coefficient (Wildman–Crippen LogP) is 2.27. The zero-order chi connectivity index (χ0) is 20.5. The predicted molar refractivity (Wildman–Crippen MR) is 105 cm³/mol. The number of ether oxygens (including phenoxy) is 2. The van der Waals surface area contributed by atoms with Gasteiger partial charge in [-0.2, -0.15) is 0 Å². The number of nitrogens with zero attached hydrogens (tertiary/aromatic N) is 1. The summed E-state index contributed by atoms with van der Waals surface area (Å²) in [6.07, 6.45) is 0.963. The normalized spacial score (nSPS) is 13.6. The van der Waals surface area contributed by atoms with Crippen molar-refractivity contribution < 1.29 is 28.1 Å². The van der Waals surface area contributed by atoms with E-state index in [0.29, 0.717) is 22.7 Å². The first-order valence-corrected chi connectivity index (χ1v) is 10.3. The molecule has 0 aromatic heterocycles.